The summed E-state index contributed by atoms with van der Waals surface area (Å²) in [5.41, 5.74) is 2.29. The molecule has 1 amide bonds. The predicted molar refractivity (Wildman–Crippen MR) is 125 cm³/mol. The van der Waals surface area contributed by atoms with E-state index < -0.39 is 23.7 Å². The van der Waals surface area contributed by atoms with Crippen molar-refractivity contribution >= 4 is 23.0 Å². The third-order valence-electron chi connectivity index (χ3n) is 5.17. The lowest BCUT2D eigenvalue weighted by Crippen LogP contribution is -2.46. The molecule has 174 valence electrons. The molecule has 0 saturated heterocycles. The molecule has 1 aromatic heterocycles. The molecule has 7 nitrogen and oxygen atoms in total. The van der Waals surface area contributed by atoms with E-state index in [1.54, 1.807) is 26.0 Å². The Bertz CT molecular complexity index is 1180. The number of ether oxygens (including phenoxy) is 2. The molecule has 2 aromatic carbocycles. The van der Waals surface area contributed by atoms with Gasteiger partial charge in [-0.25, -0.2) is 14.4 Å². The maximum Gasteiger partial charge on any atom is 0.408 e. The first-order valence-electron chi connectivity index (χ1n) is 11.0. The lowest BCUT2D eigenvalue weighted by Gasteiger charge is -2.21. The molecule has 1 N–H and O–H groups in total. The van der Waals surface area contributed by atoms with Crippen LogP contribution in [0.25, 0.3) is 11.0 Å². The number of hydrogen-bond donors (Lipinski definition) is 1. The van der Waals surface area contributed by atoms with E-state index in [1.165, 1.54) is 6.07 Å². The Morgan fingerprint density at radius 2 is 1.82 bits per heavy atom. The minimum atomic E-state index is -0.922. The molecule has 7 heteroatoms. The van der Waals surface area contributed by atoms with Crippen molar-refractivity contribution in [1.82, 2.24) is 5.32 Å². The number of fused-ring (bicyclic) bond motifs is 1. The number of amides is 1. The van der Waals surface area contributed by atoms with E-state index >= 15 is 0 Å². The van der Waals surface area contributed by atoms with Gasteiger partial charge in [0, 0.05) is 6.07 Å². The van der Waals surface area contributed by atoms with Crippen molar-refractivity contribution in [3.8, 4) is 5.75 Å². The molecule has 0 aliphatic rings. The molecule has 3 aromatic rings. The summed E-state index contributed by atoms with van der Waals surface area (Å²) in [4.78, 5) is 37.4. The second-order valence-corrected chi connectivity index (χ2v) is 8.33. The van der Waals surface area contributed by atoms with E-state index in [2.05, 4.69) is 5.32 Å². The van der Waals surface area contributed by atoms with E-state index in [0.717, 1.165) is 23.1 Å². The Hall–Kier alpha value is -3.61. The highest BCUT2D eigenvalue weighted by atomic mass is 16.6. The minimum Gasteiger partial charge on any atom is -0.445 e. The van der Waals surface area contributed by atoms with Gasteiger partial charge in [0.05, 0.1) is 5.39 Å². The monoisotopic (exact) mass is 451 g/mol. The summed E-state index contributed by atoms with van der Waals surface area (Å²) < 4.78 is 16.4. The number of nitrogens with one attached hydrogen (secondary N) is 1. The number of alkyl carbamates (subject to hydrolysis) is 1. The van der Waals surface area contributed by atoms with Crippen molar-refractivity contribution in [3.63, 3.8) is 0 Å². The lowest BCUT2D eigenvalue weighted by molar-refractivity contribution is -0.137. The number of aryl methyl sites for hydroxylation is 2. The maximum absolute atomic E-state index is 13.1. The number of hydrogen-bond acceptors (Lipinski definition) is 6. The van der Waals surface area contributed by atoms with E-state index in [-0.39, 0.29) is 12.5 Å². The zero-order valence-corrected chi connectivity index (χ0v) is 19.3. The smallest absolute Gasteiger partial charge is 0.408 e. The van der Waals surface area contributed by atoms with Gasteiger partial charge in [0.25, 0.3) is 0 Å². The van der Waals surface area contributed by atoms with Crippen LogP contribution >= 0.6 is 0 Å². The molecule has 0 spiro atoms. The van der Waals surface area contributed by atoms with Crippen LogP contribution in [0.1, 0.15) is 43.9 Å². The fraction of sp³-hybridized carbons (Fsp3) is 0.346. The minimum absolute atomic E-state index is 0.0917. The van der Waals surface area contributed by atoms with Crippen LogP contribution in [0.4, 0.5) is 4.79 Å². The summed E-state index contributed by atoms with van der Waals surface area (Å²) in [7, 11) is 0. The average Bonchev–Trinajstić information content (AvgIpc) is 2.76. The van der Waals surface area contributed by atoms with E-state index in [1.807, 2.05) is 44.2 Å². The zero-order chi connectivity index (χ0) is 24.0. The number of rotatable bonds is 8. The van der Waals surface area contributed by atoms with Gasteiger partial charge in [0.1, 0.15) is 24.0 Å². The third-order valence-corrected chi connectivity index (χ3v) is 5.17. The fourth-order valence-corrected chi connectivity index (χ4v) is 3.58. The molecular weight excluding hydrogens is 422 g/mol. The second kappa shape index (κ2) is 10.8. The fourth-order valence-electron chi connectivity index (χ4n) is 3.58. The van der Waals surface area contributed by atoms with Crippen LogP contribution in [-0.2, 0) is 22.6 Å². The molecule has 1 atom stereocenters. The van der Waals surface area contributed by atoms with Crippen LogP contribution in [0.15, 0.2) is 57.7 Å². The molecule has 33 heavy (non-hydrogen) atoms. The summed E-state index contributed by atoms with van der Waals surface area (Å²) in [6.45, 7) is 7.52. The standard InChI is InChI=1S/C26H29NO6/c1-5-9-19-14-22(28)32-20-12-17(4)13-21(23(19)20)33-25(29)24(16(2)3)27-26(30)31-15-18-10-7-6-8-11-18/h6-8,10-14,16,24H,5,9,15H2,1-4H3,(H,27,30). The first-order valence-corrected chi connectivity index (χ1v) is 11.0. The Labute approximate surface area is 192 Å². The largest absolute Gasteiger partial charge is 0.445 e. The van der Waals surface area contributed by atoms with E-state index in [0.29, 0.717) is 23.1 Å². The van der Waals surface area contributed by atoms with Crippen LogP contribution in [0.5, 0.6) is 5.75 Å². The van der Waals surface area contributed by atoms with Crippen molar-refractivity contribution in [1.29, 1.82) is 0 Å². The molecule has 0 aliphatic carbocycles. The summed E-state index contributed by atoms with van der Waals surface area (Å²) >= 11 is 0. The molecule has 3 rings (SSSR count). The van der Waals surface area contributed by atoms with Crippen LogP contribution in [0.2, 0.25) is 0 Å². The summed E-state index contributed by atoms with van der Waals surface area (Å²) in [5.74, 6) is -0.569. The highest BCUT2D eigenvalue weighted by molar-refractivity contribution is 5.91. The second-order valence-electron chi connectivity index (χ2n) is 8.33. The van der Waals surface area contributed by atoms with Gasteiger partial charge in [-0.05, 0) is 48.1 Å². The van der Waals surface area contributed by atoms with E-state index in [4.69, 9.17) is 13.9 Å². The third kappa shape index (κ3) is 6.22. The van der Waals surface area contributed by atoms with Crippen molar-refractivity contribution in [3.05, 3.63) is 75.6 Å². The number of carbonyl (C=O) groups is 2. The Morgan fingerprint density at radius 1 is 1.09 bits per heavy atom. The maximum atomic E-state index is 13.1. The molecule has 0 fully saturated rings. The molecule has 0 aliphatic heterocycles. The SMILES string of the molecule is CCCc1cc(=O)oc2cc(C)cc(OC(=O)C(NC(=O)OCc3ccccc3)C(C)C)c12. The number of esters is 1. The number of carbonyl (C=O) groups excluding carboxylic acids is 2. The molecule has 0 radical (unpaired) electrons. The highest BCUT2D eigenvalue weighted by Crippen LogP contribution is 2.31. The lowest BCUT2D eigenvalue weighted by atomic mass is 10.0. The normalized spacial score (nSPS) is 11.9. The highest BCUT2D eigenvalue weighted by Gasteiger charge is 2.28. The van der Waals surface area contributed by atoms with Gasteiger partial charge >= 0.3 is 17.7 Å². The first-order chi connectivity index (χ1) is 15.8. The zero-order valence-electron chi connectivity index (χ0n) is 19.3. The van der Waals surface area contributed by atoms with Crippen LogP contribution in [0, 0.1) is 12.8 Å². The van der Waals surface area contributed by atoms with E-state index in [9.17, 15) is 14.4 Å². The Kier molecular flexibility index (Phi) is 7.87. The van der Waals surface area contributed by atoms with Crippen molar-refractivity contribution in [2.45, 2.75) is 53.2 Å². The van der Waals surface area contributed by atoms with Gasteiger partial charge in [-0.1, -0.05) is 57.5 Å². The van der Waals surface area contributed by atoms with Crippen molar-refractivity contribution in [2.24, 2.45) is 5.92 Å². The van der Waals surface area contributed by atoms with Gasteiger partial charge in [-0.3, -0.25) is 0 Å². The number of benzene rings is 2. The molecule has 0 bridgehead atoms. The Morgan fingerprint density at radius 3 is 2.48 bits per heavy atom. The van der Waals surface area contributed by atoms with Gasteiger partial charge < -0.3 is 19.2 Å². The average molecular weight is 452 g/mol. The quantitative estimate of drug-likeness (QED) is 0.297. The summed E-state index contributed by atoms with van der Waals surface area (Å²) in [6.07, 6.45) is 0.734. The predicted octanol–water partition coefficient (Wildman–Crippen LogP) is 4.91. The van der Waals surface area contributed by atoms with Crippen molar-refractivity contribution in [2.75, 3.05) is 0 Å². The van der Waals surface area contributed by atoms with Crippen LogP contribution < -0.4 is 15.7 Å². The summed E-state index contributed by atoms with van der Waals surface area (Å²) in [5, 5.41) is 3.20. The molecule has 0 saturated carbocycles. The van der Waals surface area contributed by atoms with Crippen LogP contribution in [-0.4, -0.2) is 18.1 Å². The molecule has 1 heterocycles. The van der Waals surface area contributed by atoms with Gasteiger partial charge in [-0.15, -0.1) is 0 Å². The van der Waals surface area contributed by atoms with Gasteiger partial charge in [0.2, 0.25) is 0 Å². The van der Waals surface area contributed by atoms with Crippen molar-refractivity contribution < 1.29 is 23.5 Å². The topological polar surface area (TPSA) is 94.8 Å². The van der Waals surface area contributed by atoms with Gasteiger partial charge in [-0.2, -0.15) is 0 Å². The summed E-state index contributed by atoms with van der Waals surface area (Å²) in [6, 6.07) is 13.2. The Balaban J connectivity index is 1.81. The molecular formula is C26H29NO6. The first kappa shape index (κ1) is 24.0. The molecule has 1 unspecified atom stereocenters. The van der Waals surface area contributed by atoms with Gasteiger partial charge in [0.15, 0.2) is 0 Å². The van der Waals surface area contributed by atoms with Crippen LogP contribution in [0.3, 0.4) is 0 Å².